The second-order valence-corrected chi connectivity index (χ2v) is 11.6. The van der Waals surface area contributed by atoms with E-state index in [0.717, 1.165) is 42.0 Å². The van der Waals surface area contributed by atoms with Gasteiger partial charge in [0.15, 0.2) is 0 Å². The molecule has 0 bridgehead atoms. The maximum absolute atomic E-state index is 14.1. The summed E-state index contributed by atoms with van der Waals surface area (Å²) in [6, 6.07) is 13.6. The molecule has 1 fully saturated rings. The Morgan fingerprint density at radius 3 is 2.54 bits per heavy atom. The molecule has 0 amide bonds. The molecule has 1 aliphatic carbocycles. The summed E-state index contributed by atoms with van der Waals surface area (Å²) in [7, 11) is -4.05. The maximum Gasteiger partial charge on any atom is 0.338 e. The lowest BCUT2D eigenvalue weighted by atomic mass is 9.81. The summed E-state index contributed by atoms with van der Waals surface area (Å²) in [5.41, 5.74) is 1.41. The number of benzene rings is 2. The highest BCUT2D eigenvalue weighted by atomic mass is 32.2. The second kappa shape index (κ2) is 10.1. The molecule has 194 valence electrons. The van der Waals surface area contributed by atoms with Crippen molar-refractivity contribution in [2.75, 3.05) is 17.5 Å². The number of carbonyl (C=O) groups excluding carboxylic acids is 1. The number of hydrogen-bond acceptors (Lipinski definition) is 7. The molecule has 0 N–H and O–H groups in total. The monoisotopic (exact) mass is 521 g/mol. The van der Waals surface area contributed by atoms with E-state index in [0.29, 0.717) is 23.5 Å². The fraction of sp³-hybridized carbons (Fsp3) is 0.393. The second-order valence-electron chi connectivity index (χ2n) is 9.72. The number of esters is 1. The number of sulfonamides is 1. The Kier molecular flexibility index (Phi) is 6.90. The molecule has 1 saturated carbocycles. The number of oxime groups is 1. The minimum atomic E-state index is -4.05. The van der Waals surface area contributed by atoms with Gasteiger partial charge < -0.3 is 9.57 Å². The van der Waals surface area contributed by atoms with Crippen molar-refractivity contribution in [3.8, 4) is 0 Å². The molecule has 0 radical (unpaired) electrons. The smallest absolute Gasteiger partial charge is 0.338 e. The zero-order chi connectivity index (χ0) is 26.0. The topological polar surface area (TPSA) is 98.2 Å². The summed E-state index contributed by atoms with van der Waals surface area (Å²) >= 11 is 0. The molecule has 9 heteroatoms. The van der Waals surface area contributed by atoms with Crippen LogP contribution in [-0.4, -0.2) is 43.8 Å². The zero-order valence-corrected chi connectivity index (χ0v) is 22.0. The van der Waals surface area contributed by atoms with Gasteiger partial charge in [0.1, 0.15) is 11.4 Å². The molecule has 5 rings (SSSR count). The first-order valence-corrected chi connectivity index (χ1v) is 14.2. The van der Waals surface area contributed by atoms with Crippen LogP contribution in [0.2, 0.25) is 0 Å². The molecule has 1 spiro atoms. The van der Waals surface area contributed by atoms with Crippen LogP contribution in [-0.2, 0) is 19.6 Å². The van der Waals surface area contributed by atoms with Gasteiger partial charge in [0, 0.05) is 23.6 Å². The molecular weight excluding hydrogens is 490 g/mol. The van der Waals surface area contributed by atoms with Crippen molar-refractivity contribution in [3.05, 3.63) is 65.9 Å². The molecule has 0 atom stereocenters. The van der Waals surface area contributed by atoms with Gasteiger partial charge >= 0.3 is 5.97 Å². The molecule has 1 aromatic heterocycles. The first-order valence-electron chi connectivity index (χ1n) is 12.7. The van der Waals surface area contributed by atoms with Gasteiger partial charge in [-0.2, -0.15) is 0 Å². The summed E-state index contributed by atoms with van der Waals surface area (Å²) in [4.78, 5) is 22.6. The van der Waals surface area contributed by atoms with Gasteiger partial charge in [-0.25, -0.2) is 22.5 Å². The van der Waals surface area contributed by atoms with Crippen LogP contribution < -0.4 is 4.31 Å². The van der Waals surface area contributed by atoms with Crippen molar-refractivity contribution in [1.29, 1.82) is 0 Å². The average molecular weight is 522 g/mol. The molecule has 37 heavy (non-hydrogen) atoms. The molecule has 0 unspecified atom stereocenters. The number of pyridine rings is 1. The fourth-order valence-electron chi connectivity index (χ4n) is 5.24. The standard InChI is InChI=1S/C28H31N3O5S/c1-3-35-27(32)21-11-13-24(14-12-21)37(33,34)31(19-23-17-28(36-30-23)15-7-4-8-16-28)26-20(2)25-10-6-5-9-22(25)18-29-26/h5-6,9-14,18H,3-4,7-8,15-17,19H2,1-2H3. The van der Waals surface area contributed by atoms with Crippen LogP contribution in [0, 0.1) is 6.92 Å². The number of ether oxygens (including phenoxy) is 1. The lowest BCUT2D eigenvalue weighted by Gasteiger charge is -2.30. The Morgan fingerprint density at radius 2 is 1.81 bits per heavy atom. The highest BCUT2D eigenvalue weighted by Gasteiger charge is 2.41. The van der Waals surface area contributed by atoms with Crippen LogP contribution in [0.4, 0.5) is 5.82 Å². The molecular formula is C28H31N3O5S. The van der Waals surface area contributed by atoms with E-state index in [4.69, 9.17) is 9.57 Å². The molecule has 8 nitrogen and oxygen atoms in total. The summed E-state index contributed by atoms with van der Waals surface area (Å²) in [5.74, 6) is -0.147. The Morgan fingerprint density at radius 1 is 1.08 bits per heavy atom. The third-order valence-corrected chi connectivity index (χ3v) is 8.95. The van der Waals surface area contributed by atoms with Crippen LogP contribution in [0.25, 0.3) is 10.8 Å². The number of fused-ring (bicyclic) bond motifs is 1. The van der Waals surface area contributed by atoms with Gasteiger partial charge in [-0.15, -0.1) is 0 Å². The van der Waals surface area contributed by atoms with Crippen molar-refractivity contribution in [2.24, 2.45) is 5.16 Å². The average Bonchev–Trinajstić information content (AvgIpc) is 3.30. The number of anilines is 1. The van der Waals surface area contributed by atoms with Crippen LogP contribution in [0.15, 0.2) is 64.8 Å². The van der Waals surface area contributed by atoms with Crippen molar-refractivity contribution < 1.29 is 22.8 Å². The Labute approximate surface area is 217 Å². The summed E-state index contributed by atoms with van der Waals surface area (Å²) in [6.45, 7) is 3.88. The lowest BCUT2D eigenvalue weighted by molar-refractivity contribution is -0.0449. The van der Waals surface area contributed by atoms with Crippen molar-refractivity contribution in [3.63, 3.8) is 0 Å². The highest BCUT2D eigenvalue weighted by Crippen LogP contribution is 2.39. The number of hydrogen-bond donors (Lipinski definition) is 0. The van der Waals surface area contributed by atoms with Gasteiger partial charge in [-0.1, -0.05) is 35.8 Å². The summed E-state index contributed by atoms with van der Waals surface area (Å²) in [5, 5.41) is 6.22. The molecule has 3 aromatic rings. The SMILES string of the molecule is CCOC(=O)c1ccc(S(=O)(=O)N(CC2=NOC3(CCCCC3)C2)c2ncc3ccccc3c2C)cc1. The first kappa shape index (κ1) is 25.2. The van der Waals surface area contributed by atoms with E-state index in [-0.39, 0.29) is 23.6 Å². The van der Waals surface area contributed by atoms with Gasteiger partial charge in [0.05, 0.1) is 29.3 Å². The van der Waals surface area contributed by atoms with E-state index in [2.05, 4.69) is 10.1 Å². The number of nitrogens with zero attached hydrogens (tertiary/aromatic N) is 3. The van der Waals surface area contributed by atoms with Gasteiger partial charge in [-0.3, -0.25) is 0 Å². The predicted octanol–water partition coefficient (Wildman–Crippen LogP) is 5.39. The molecule has 1 aliphatic heterocycles. The third-order valence-electron chi connectivity index (χ3n) is 7.20. The quantitative estimate of drug-likeness (QED) is 0.387. The van der Waals surface area contributed by atoms with Crippen LogP contribution in [0.1, 0.15) is 61.4 Å². The minimum Gasteiger partial charge on any atom is -0.462 e. The number of rotatable bonds is 7. The van der Waals surface area contributed by atoms with Gasteiger partial charge in [0.2, 0.25) is 0 Å². The van der Waals surface area contributed by atoms with E-state index < -0.39 is 16.0 Å². The van der Waals surface area contributed by atoms with Gasteiger partial charge in [0.25, 0.3) is 10.0 Å². The van der Waals surface area contributed by atoms with Gasteiger partial charge in [-0.05, 0) is 69.2 Å². The van der Waals surface area contributed by atoms with Crippen LogP contribution in [0.3, 0.4) is 0 Å². The Balaban J connectivity index is 1.53. The molecule has 2 aromatic carbocycles. The number of aryl methyl sites for hydroxylation is 1. The van der Waals surface area contributed by atoms with Crippen molar-refractivity contribution in [2.45, 2.75) is 62.9 Å². The highest BCUT2D eigenvalue weighted by molar-refractivity contribution is 7.92. The third kappa shape index (κ3) is 4.92. The Bertz CT molecular complexity index is 1440. The number of carbonyl (C=O) groups is 1. The minimum absolute atomic E-state index is 0.0376. The van der Waals surface area contributed by atoms with E-state index >= 15 is 0 Å². The van der Waals surface area contributed by atoms with E-state index in [1.807, 2.05) is 31.2 Å². The summed E-state index contributed by atoms with van der Waals surface area (Å²) in [6.07, 6.45) is 7.51. The van der Waals surface area contributed by atoms with Crippen LogP contribution in [0.5, 0.6) is 0 Å². The summed E-state index contributed by atoms with van der Waals surface area (Å²) < 4.78 is 34.5. The zero-order valence-electron chi connectivity index (χ0n) is 21.1. The lowest BCUT2D eigenvalue weighted by Crippen LogP contribution is -2.38. The van der Waals surface area contributed by atoms with Crippen molar-refractivity contribution >= 4 is 38.3 Å². The normalized spacial score (nSPS) is 16.9. The maximum atomic E-state index is 14.1. The molecule has 2 heterocycles. The number of aromatic nitrogens is 1. The fourth-order valence-corrected chi connectivity index (χ4v) is 6.71. The van der Waals surface area contributed by atoms with E-state index in [1.165, 1.54) is 35.0 Å². The van der Waals surface area contributed by atoms with E-state index in [1.54, 1.807) is 13.1 Å². The largest absolute Gasteiger partial charge is 0.462 e. The molecule has 0 saturated heterocycles. The Hall–Kier alpha value is -3.46. The van der Waals surface area contributed by atoms with Crippen LogP contribution >= 0.6 is 0 Å². The predicted molar refractivity (Wildman–Crippen MR) is 142 cm³/mol. The van der Waals surface area contributed by atoms with E-state index in [9.17, 15) is 13.2 Å². The van der Waals surface area contributed by atoms with Crippen molar-refractivity contribution in [1.82, 2.24) is 4.98 Å². The first-order chi connectivity index (χ1) is 17.8. The molecule has 2 aliphatic rings.